The van der Waals surface area contributed by atoms with E-state index >= 15 is 0 Å². The van der Waals surface area contributed by atoms with Crippen LogP contribution in [0.15, 0.2) is 30.5 Å². The van der Waals surface area contributed by atoms with Gasteiger partial charge in [-0.15, -0.1) is 5.10 Å². The fraction of sp³-hybridized carbons (Fsp3) is 0.609. The van der Waals surface area contributed by atoms with Gasteiger partial charge >= 0.3 is 5.97 Å². The number of fused-ring (bicyclic) bond motifs is 3. The van der Waals surface area contributed by atoms with Gasteiger partial charge in [-0.05, 0) is 46.8 Å². The molecule has 33 heavy (non-hydrogen) atoms. The molecule has 10 nitrogen and oxygen atoms in total. The van der Waals surface area contributed by atoms with E-state index in [0.717, 1.165) is 5.56 Å². The Morgan fingerprint density at radius 2 is 1.67 bits per heavy atom. The molecule has 0 spiro atoms. The number of esters is 1. The number of carbonyl (C=O) groups is 1. The van der Waals surface area contributed by atoms with Crippen molar-refractivity contribution in [3.63, 3.8) is 0 Å². The van der Waals surface area contributed by atoms with Gasteiger partial charge in [0.05, 0.1) is 18.3 Å². The van der Waals surface area contributed by atoms with Gasteiger partial charge in [0.1, 0.15) is 36.7 Å². The molecule has 1 unspecified atom stereocenters. The van der Waals surface area contributed by atoms with Crippen molar-refractivity contribution in [1.82, 2.24) is 15.0 Å². The zero-order valence-corrected chi connectivity index (χ0v) is 19.4. The van der Waals surface area contributed by atoms with E-state index in [1.165, 1.54) is 0 Å². The number of hydrogen-bond donors (Lipinski definition) is 0. The van der Waals surface area contributed by atoms with Gasteiger partial charge < -0.3 is 28.4 Å². The van der Waals surface area contributed by atoms with Crippen LogP contribution in [0.3, 0.4) is 0 Å². The minimum atomic E-state index is -0.771. The third-order valence-electron chi connectivity index (χ3n) is 5.84. The highest BCUT2D eigenvalue weighted by molar-refractivity contribution is 5.89. The second-order valence-corrected chi connectivity index (χ2v) is 9.58. The SMILES string of the molecule is Cc1ccc(C(=O)OCc2cn(CC3O[C@@H]4OC(C)(C)O[C@H]4[C@H]4OC(C)(C)O[C@@H]34)nn2)cc1. The van der Waals surface area contributed by atoms with Gasteiger partial charge in [-0.2, -0.15) is 0 Å². The number of ether oxygens (including phenoxy) is 6. The van der Waals surface area contributed by atoms with Crippen LogP contribution < -0.4 is 0 Å². The van der Waals surface area contributed by atoms with E-state index < -0.39 is 23.8 Å². The molecule has 0 saturated carbocycles. The van der Waals surface area contributed by atoms with Crippen molar-refractivity contribution in [1.29, 1.82) is 0 Å². The quantitative estimate of drug-likeness (QED) is 0.623. The Balaban J connectivity index is 1.24. The lowest BCUT2D eigenvalue weighted by Crippen LogP contribution is -2.56. The molecule has 0 N–H and O–H groups in total. The molecule has 5 atom stereocenters. The molecule has 3 fully saturated rings. The number of rotatable bonds is 5. The van der Waals surface area contributed by atoms with Crippen molar-refractivity contribution in [2.24, 2.45) is 0 Å². The highest BCUT2D eigenvalue weighted by atomic mass is 16.9. The minimum absolute atomic E-state index is 0.0206. The maximum absolute atomic E-state index is 12.2. The largest absolute Gasteiger partial charge is 0.455 e. The van der Waals surface area contributed by atoms with Crippen LogP contribution in [0.25, 0.3) is 0 Å². The molecule has 5 rings (SSSR count). The van der Waals surface area contributed by atoms with E-state index in [4.69, 9.17) is 28.4 Å². The monoisotopic (exact) mass is 459 g/mol. The number of hydrogen-bond acceptors (Lipinski definition) is 9. The molecular weight excluding hydrogens is 430 g/mol. The van der Waals surface area contributed by atoms with Gasteiger partial charge in [0, 0.05) is 0 Å². The summed E-state index contributed by atoms with van der Waals surface area (Å²) in [6.07, 6.45) is -0.295. The van der Waals surface area contributed by atoms with Crippen LogP contribution in [0, 0.1) is 6.92 Å². The fourth-order valence-corrected chi connectivity index (χ4v) is 4.43. The van der Waals surface area contributed by atoms with E-state index in [1.807, 2.05) is 46.8 Å². The summed E-state index contributed by atoms with van der Waals surface area (Å²) in [5, 5.41) is 8.28. The molecule has 178 valence electrons. The van der Waals surface area contributed by atoms with Crippen LogP contribution in [0.5, 0.6) is 0 Å². The first-order valence-electron chi connectivity index (χ1n) is 11.1. The average Bonchev–Trinajstić information content (AvgIpc) is 3.40. The Kier molecular flexibility index (Phi) is 5.53. The van der Waals surface area contributed by atoms with Crippen molar-refractivity contribution in [2.75, 3.05) is 0 Å². The third-order valence-corrected chi connectivity index (χ3v) is 5.84. The topological polar surface area (TPSA) is 103 Å². The first-order valence-corrected chi connectivity index (χ1v) is 11.1. The number of aromatic nitrogens is 3. The normalized spacial score (nSPS) is 31.7. The second kappa shape index (κ2) is 8.14. The van der Waals surface area contributed by atoms with Gasteiger partial charge in [-0.3, -0.25) is 0 Å². The van der Waals surface area contributed by atoms with E-state index in [-0.39, 0.29) is 31.0 Å². The maximum atomic E-state index is 12.2. The van der Waals surface area contributed by atoms with Gasteiger partial charge in [-0.1, -0.05) is 22.9 Å². The highest BCUT2D eigenvalue weighted by Crippen LogP contribution is 2.44. The van der Waals surface area contributed by atoms with Crippen LogP contribution in [-0.4, -0.2) is 63.2 Å². The van der Waals surface area contributed by atoms with Crippen molar-refractivity contribution in [3.8, 4) is 0 Å². The molecule has 2 aromatic rings. The number of nitrogens with zero attached hydrogens (tertiary/aromatic N) is 3. The predicted octanol–water partition coefficient (Wildman–Crippen LogP) is 2.34. The molecule has 3 aliphatic rings. The third kappa shape index (κ3) is 4.67. The number of benzene rings is 1. The zero-order chi connectivity index (χ0) is 23.4. The Morgan fingerprint density at radius 3 is 2.42 bits per heavy atom. The van der Waals surface area contributed by atoms with Crippen LogP contribution >= 0.6 is 0 Å². The summed E-state index contributed by atoms with van der Waals surface area (Å²) in [4.78, 5) is 12.2. The summed E-state index contributed by atoms with van der Waals surface area (Å²) < 4.78 is 37.5. The van der Waals surface area contributed by atoms with Gasteiger partial charge in [0.2, 0.25) is 0 Å². The van der Waals surface area contributed by atoms with Crippen molar-refractivity contribution in [2.45, 2.75) is 90.1 Å². The maximum Gasteiger partial charge on any atom is 0.338 e. The summed E-state index contributed by atoms with van der Waals surface area (Å²) in [5.74, 6) is -1.94. The highest BCUT2D eigenvalue weighted by Gasteiger charge is 2.60. The summed E-state index contributed by atoms with van der Waals surface area (Å²) in [7, 11) is 0. The summed E-state index contributed by atoms with van der Waals surface area (Å²) in [5.41, 5.74) is 2.10. The molecule has 4 heterocycles. The van der Waals surface area contributed by atoms with Crippen LogP contribution in [0.1, 0.15) is 49.3 Å². The lowest BCUT2D eigenvalue weighted by atomic mass is 9.99. The molecule has 3 aliphatic heterocycles. The number of carbonyl (C=O) groups excluding carboxylic acids is 1. The molecule has 0 radical (unpaired) electrons. The van der Waals surface area contributed by atoms with Crippen LogP contribution in [0.2, 0.25) is 0 Å². The fourth-order valence-electron chi connectivity index (χ4n) is 4.43. The summed E-state index contributed by atoms with van der Waals surface area (Å²) in [6.45, 7) is 9.78. The smallest absolute Gasteiger partial charge is 0.338 e. The van der Waals surface area contributed by atoms with Crippen molar-refractivity contribution < 1.29 is 33.2 Å². The van der Waals surface area contributed by atoms with Crippen LogP contribution in [0.4, 0.5) is 0 Å². The zero-order valence-electron chi connectivity index (χ0n) is 19.4. The molecule has 1 aromatic heterocycles. The predicted molar refractivity (Wildman–Crippen MR) is 113 cm³/mol. The minimum Gasteiger partial charge on any atom is -0.455 e. The summed E-state index contributed by atoms with van der Waals surface area (Å²) in [6, 6.07) is 7.20. The van der Waals surface area contributed by atoms with E-state index in [0.29, 0.717) is 17.8 Å². The Labute approximate surface area is 192 Å². The molecule has 1 aromatic carbocycles. The molecule has 3 saturated heterocycles. The lowest BCUT2D eigenvalue weighted by molar-refractivity contribution is -0.236. The molecule has 0 aliphatic carbocycles. The van der Waals surface area contributed by atoms with Gasteiger partial charge in [0.25, 0.3) is 0 Å². The average molecular weight is 459 g/mol. The van der Waals surface area contributed by atoms with Crippen LogP contribution in [-0.2, 0) is 41.6 Å². The first kappa shape index (κ1) is 22.4. The second-order valence-electron chi connectivity index (χ2n) is 9.58. The van der Waals surface area contributed by atoms with Gasteiger partial charge in [-0.25, -0.2) is 9.48 Å². The molecule has 0 amide bonds. The molecule has 10 heteroatoms. The Bertz CT molecular complexity index is 1020. The standard InChI is InChI=1S/C23H29N3O7/c1-13-6-8-14(9-7-13)20(27)28-12-15-10-26(25-24-15)11-16-17-18(31-22(2,3)30-17)19-21(29-16)33-23(4,5)32-19/h6-10,16-19,21H,11-12H2,1-5H3/t16?,17-,18-,19-,21+/m0/s1. The van der Waals surface area contributed by atoms with Crippen molar-refractivity contribution in [3.05, 3.63) is 47.3 Å². The lowest BCUT2D eigenvalue weighted by Gasteiger charge is -2.37. The molecule has 0 bridgehead atoms. The molecular formula is C23H29N3O7. The first-order chi connectivity index (χ1) is 15.6. The van der Waals surface area contributed by atoms with E-state index in [2.05, 4.69) is 10.3 Å². The Hall–Kier alpha value is -2.37. The van der Waals surface area contributed by atoms with E-state index in [9.17, 15) is 4.79 Å². The van der Waals surface area contributed by atoms with E-state index in [1.54, 1.807) is 23.0 Å². The number of aryl methyl sites for hydroxylation is 1. The van der Waals surface area contributed by atoms with Crippen molar-refractivity contribution >= 4 is 5.97 Å². The van der Waals surface area contributed by atoms with Gasteiger partial charge in [0.15, 0.2) is 17.9 Å². The Morgan fingerprint density at radius 1 is 1.00 bits per heavy atom. The summed E-state index contributed by atoms with van der Waals surface area (Å²) >= 11 is 0.